The first-order chi connectivity index (χ1) is 9.29. The van der Waals surface area contributed by atoms with Gasteiger partial charge in [-0.3, -0.25) is 9.97 Å². The van der Waals surface area contributed by atoms with Gasteiger partial charge in [0.05, 0.1) is 5.52 Å². The van der Waals surface area contributed by atoms with Gasteiger partial charge in [-0.2, -0.15) is 0 Å². The molecule has 0 saturated carbocycles. The van der Waals surface area contributed by atoms with Crippen molar-refractivity contribution in [3.8, 4) is 11.1 Å². The molecule has 3 aromatic rings. The average Bonchev–Trinajstić information content (AvgIpc) is 2.48. The first-order valence-corrected chi connectivity index (χ1v) is 6.58. The summed E-state index contributed by atoms with van der Waals surface area (Å²) in [6, 6.07) is 10.5. The predicted octanol–water partition coefficient (Wildman–Crippen LogP) is 4.17. The zero-order valence-electron chi connectivity index (χ0n) is 11.2. The number of benzene rings is 1. The lowest BCUT2D eigenvalue weighted by Crippen LogP contribution is -1.90. The van der Waals surface area contributed by atoms with Gasteiger partial charge >= 0.3 is 0 Å². The van der Waals surface area contributed by atoms with E-state index in [4.69, 9.17) is 0 Å². The Morgan fingerprint density at radius 2 is 2.00 bits per heavy atom. The number of aromatic nitrogens is 2. The molecule has 0 unspecified atom stereocenters. The molecular formula is C17H16N2. The van der Waals surface area contributed by atoms with Crippen molar-refractivity contribution < 1.29 is 0 Å². The number of fused-ring (bicyclic) bond motifs is 1. The van der Waals surface area contributed by atoms with Crippen LogP contribution in [0.2, 0.25) is 0 Å². The zero-order chi connectivity index (χ0) is 13.2. The minimum absolute atomic E-state index is 1.01. The fourth-order valence-corrected chi connectivity index (χ4v) is 2.44. The average molecular weight is 248 g/mol. The Kier molecular flexibility index (Phi) is 3.00. The second-order valence-electron chi connectivity index (χ2n) is 4.74. The van der Waals surface area contributed by atoms with Crippen LogP contribution in [0.5, 0.6) is 0 Å². The van der Waals surface area contributed by atoms with Crippen molar-refractivity contribution in [3.63, 3.8) is 0 Å². The van der Waals surface area contributed by atoms with Crippen molar-refractivity contribution in [3.05, 3.63) is 60.0 Å². The van der Waals surface area contributed by atoms with E-state index >= 15 is 0 Å². The Hall–Kier alpha value is -2.22. The Morgan fingerprint density at radius 3 is 2.84 bits per heavy atom. The lowest BCUT2D eigenvalue weighted by Gasteiger charge is -2.09. The van der Waals surface area contributed by atoms with Gasteiger partial charge in [0.15, 0.2) is 0 Å². The molecule has 2 aromatic heterocycles. The van der Waals surface area contributed by atoms with Crippen molar-refractivity contribution in [2.75, 3.05) is 0 Å². The maximum Gasteiger partial charge on any atom is 0.0705 e. The summed E-state index contributed by atoms with van der Waals surface area (Å²) in [5.41, 5.74) is 6.00. The summed E-state index contributed by atoms with van der Waals surface area (Å²) in [6.07, 6.45) is 6.71. The van der Waals surface area contributed by atoms with Gasteiger partial charge < -0.3 is 0 Å². The third-order valence-corrected chi connectivity index (χ3v) is 3.57. The fourth-order valence-electron chi connectivity index (χ4n) is 2.44. The Morgan fingerprint density at radius 1 is 1.11 bits per heavy atom. The summed E-state index contributed by atoms with van der Waals surface area (Å²) in [5.74, 6) is 0. The lowest BCUT2D eigenvalue weighted by atomic mass is 9.97. The van der Waals surface area contributed by atoms with Crippen molar-refractivity contribution in [1.29, 1.82) is 0 Å². The van der Waals surface area contributed by atoms with Crippen LogP contribution in [0.3, 0.4) is 0 Å². The van der Waals surface area contributed by atoms with E-state index in [2.05, 4.69) is 48.1 Å². The molecule has 1 aromatic carbocycles. The van der Waals surface area contributed by atoms with Gasteiger partial charge in [0.2, 0.25) is 0 Å². The van der Waals surface area contributed by atoms with Gasteiger partial charge in [-0.05, 0) is 48.2 Å². The largest absolute Gasteiger partial charge is 0.264 e. The number of rotatable bonds is 2. The van der Waals surface area contributed by atoms with Crippen LogP contribution in [0, 0.1) is 6.92 Å². The number of aryl methyl sites for hydroxylation is 2. The molecule has 94 valence electrons. The first-order valence-electron chi connectivity index (χ1n) is 6.58. The molecule has 2 heteroatoms. The summed E-state index contributed by atoms with van der Waals surface area (Å²) < 4.78 is 0. The highest BCUT2D eigenvalue weighted by atomic mass is 14.6. The summed E-state index contributed by atoms with van der Waals surface area (Å²) in [6.45, 7) is 4.30. The van der Waals surface area contributed by atoms with Crippen LogP contribution in [-0.4, -0.2) is 9.97 Å². The van der Waals surface area contributed by atoms with E-state index in [9.17, 15) is 0 Å². The number of nitrogens with zero attached hydrogens (tertiary/aromatic N) is 2. The molecule has 0 fully saturated rings. The molecule has 0 spiro atoms. The van der Waals surface area contributed by atoms with Crippen LogP contribution in [0.4, 0.5) is 0 Å². The topological polar surface area (TPSA) is 25.8 Å². The summed E-state index contributed by atoms with van der Waals surface area (Å²) in [5, 5.41) is 1.21. The maximum atomic E-state index is 4.39. The molecule has 0 amide bonds. The Bertz CT molecular complexity index is 732. The lowest BCUT2D eigenvalue weighted by molar-refractivity contribution is 1.10. The van der Waals surface area contributed by atoms with Crippen molar-refractivity contribution in [2.24, 2.45) is 0 Å². The highest BCUT2D eigenvalue weighted by Crippen LogP contribution is 2.28. The monoisotopic (exact) mass is 248 g/mol. The third-order valence-electron chi connectivity index (χ3n) is 3.57. The Labute approximate surface area is 113 Å². The van der Waals surface area contributed by atoms with Crippen LogP contribution in [0.25, 0.3) is 22.0 Å². The molecular weight excluding hydrogens is 232 g/mol. The van der Waals surface area contributed by atoms with Gasteiger partial charge in [-0.25, -0.2) is 0 Å². The Balaban J connectivity index is 2.22. The maximum absolute atomic E-state index is 4.39. The number of pyridine rings is 2. The van der Waals surface area contributed by atoms with Crippen LogP contribution < -0.4 is 0 Å². The fraction of sp³-hybridized carbons (Fsp3) is 0.176. The molecule has 0 aliphatic carbocycles. The third kappa shape index (κ3) is 2.10. The van der Waals surface area contributed by atoms with Crippen molar-refractivity contribution in [1.82, 2.24) is 9.97 Å². The highest BCUT2D eigenvalue weighted by Gasteiger charge is 2.07. The van der Waals surface area contributed by atoms with E-state index in [0.717, 1.165) is 11.9 Å². The van der Waals surface area contributed by atoms with Gasteiger partial charge in [-0.15, -0.1) is 0 Å². The summed E-state index contributed by atoms with van der Waals surface area (Å²) in [4.78, 5) is 8.73. The van der Waals surface area contributed by atoms with Gasteiger partial charge in [0, 0.05) is 29.5 Å². The van der Waals surface area contributed by atoms with Crippen molar-refractivity contribution in [2.45, 2.75) is 20.3 Å². The van der Waals surface area contributed by atoms with E-state index < -0.39 is 0 Å². The quantitative estimate of drug-likeness (QED) is 0.680. The van der Waals surface area contributed by atoms with Gasteiger partial charge in [0.1, 0.15) is 0 Å². The smallest absolute Gasteiger partial charge is 0.0705 e. The van der Waals surface area contributed by atoms with E-state index in [1.807, 2.05) is 24.7 Å². The van der Waals surface area contributed by atoms with E-state index in [-0.39, 0.29) is 0 Å². The summed E-state index contributed by atoms with van der Waals surface area (Å²) in [7, 11) is 0. The SMILES string of the molecule is CCc1cncc(-c2ccc3ncccc3c2C)c1. The van der Waals surface area contributed by atoms with Crippen molar-refractivity contribution >= 4 is 10.9 Å². The molecule has 0 aliphatic rings. The molecule has 0 atom stereocenters. The molecule has 2 heterocycles. The second kappa shape index (κ2) is 4.81. The molecule has 0 N–H and O–H groups in total. The highest BCUT2D eigenvalue weighted by molar-refractivity contribution is 5.88. The minimum Gasteiger partial charge on any atom is -0.264 e. The second-order valence-corrected chi connectivity index (χ2v) is 4.74. The first kappa shape index (κ1) is 11.8. The predicted molar refractivity (Wildman–Crippen MR) is 79.1 cm³/mol. The molecule has 3 rings (SSSR count). The summed E-state index contributed by atoms with van der Waals surface area (Å²) >= 11 is 0. The minimum atomic E-state index is 1.01. The molecule has 2 nitrogen and oxygen atoms in total. The van der Waals surface area contributed by atoms with E-state index in [1.54, 1.807) is 0 Å². The van der Waals surface area contributed by atoms with Gasteiger partial charge in [0.25, 0.3) is 0 Å². The number of hydrogen-bond acceptors (Lipinski definition) is 2. The van der Waals surface area contributed by atoms with Crippen LogP contribution in [0.15, 0.2) is 48.9 Å². The van der Waals surface area contributed by atoms with Gasteiger partial charge in [-0.1, -0.05) is 19.1 Å². The van der Waals surface area contributed by atoms with E-state index in [1.165, 1.54) is 27.6 Å². The van der Waals surface area contributed by atoms with E-state index in [0.29, 0.717) is 0 Å². The molecule has 0 aliphatic heterocycles. The molecule has 0 radical (unpaired) electrons. The molecule has 19 heavy (non-hydrogen) atoms. The molecule has 0 saturated heterocycles. The van der Waals surface area contributed by atoms with Crippen LogP contribution in [0.1, 0.15) is 18.1 Å². The number of hydrogen-bond donors (Lipinski definition) is 0. The standard InChI is InChI=1S/C17H16N2/c1-3-13-9-14(11-18-10-13)15-6-7-17-16(12(15)2)5-4-8-19-17/h4-11H,3H2,1-2H3. The zero-order valence-corrected chi connectivity index (χ0v) is 11.2. The van der Waals surface area contributed by atoms with Crippen LogP contribution in [-0.2, 0) is 6.42 Å². The normalized spacial score (nSPS) is 10.8. The van der Waals surface area contributed by atoms with Crippen LogP contribution >= 0.6 is 0 Å². The molecule has 0 bridgehead atoms.